The quantitative estimate of drug-likeness (QED) is 0.605. The van der Waals surface area contributed by atoms with E-state index in [1.165, 1.54) is 20.3 Å². The van der Waals surface area contributed by atoms with Gasteiger partial charge in [-0.25, -0.2) is 8.42 Å². The second-order valence-electron chi connectivity index (χ2n) is 7.77. The molecule has 6 nitrogen and oxygen atoms in total. The monoisotopic (exact) mass is 462 g/mol. The second-order valence-corrected chi connectivity index (χ2v) is 10.9. The number of amides is 1. The smallest absolute Gasteiger partial charge is 0.243 e. The van der Waals surface area contributed by atoms with Crippen molar-refractivity contribution in [2.45, 2.75) is 48.9 Å². The average Bonchev–Trinajstić information content (AvgIpc) is 2.76. The van der Waals surface area contributed by atoms with Gasteiger partial charge in [0.15, 0.2) is 0 Å². The minimum absolute atomic E-state index is 0.0152. The zero-order chi connectivity index (χ0) is 22.4. The Kier molecular flexibility index (Phi) is 8.02. The summed E-state index contributed by atoms with van der Waals surface area (Å²) in [4.78, 5) is 13.8. The molecule has 1 amide bonds. The minimum atomic E-state index is -3.53. The summed E-state index contributed by atoms with van der Waals surface area (Å²) in [6.07, 6.45) is 1.68. The van der Waals surface area contributed by atoms with Crippen LogP contribution in [0.4, 0.5) is 0 Å². The van der Waals surface area contributed by atoms with Crippen LogP contribution in [-0.2, 0) is 14.8 Å². The normalized spacial score (nSPS) is 15.6. The number of hydrogen-bond acceptors (Lipinski definition) is 5. The molecule has 1 saturated heterocycles. The van der Waals surface area contributed by atoms with Gasteiger partial charge in [-0.05, 0) is 74.2 Å². The van der Waals surface area contributed by atoms with Crippen LogP contribution >= 0.6 is 11.8 Å². The highest BCUT2D eigenvalue weighted by Crippen LogP contribution is 2.24. The molecule has 8 heteroatoms. The number of nitrogens with one attached hydrogen (secondary N) is 1. The van der Waals surface area contributed by atoms with E-state index in [9.17, 15) is 13.2 Å². The van der Waals surface area contributed by atoms with E-state index >= 15 is 0 Å². The van der Waals surface area contributed by atoms with E-state index in [2.05, 4.69) is 37.4 Å². The first kappa shape index (κ1) is 23.6. The topological polar surface area (TPSA) is 75.7 Å². The summed E-state index contributed by atoms with van der Waals surface area (Å²) in [7, 11) is -1.98. The molecule has 2 aromatic carbocycles. The molecule has 0 bridgehead atoms. The SMILES string of the molecule is COc1ccc(S(=O)(=O)N2CCC(NC(=O)CCSc3ccc(C)c(C)c3)CC2)cc1. The van der Waals surface area contributed by atoms with Crippen molar-refractivity contribution in [1.29, 1.82) is 0 Å². The predicted octanol–water partition coefficient (Wildman–Crippen LogP) is 3.76. The molecule has 0 saturated carbocycles. The fourth-order valence-corrected chi connectivity index (χ4v) is 5.92. The number of ether oxygens (including phenoxy) is 1. The molecule has 168 valence electrons. The maximum atomic E-state index is 12.8. The molecule has 3 rings (SSSR count). The zero-order valence-corrected chi connectivity index (χ0v) is 19.9. The van der Waals surface area contributed by atoms with E-state index in [1.807, 2.05) is 0 Å². The number of hydrogen-bond donors (Lipinski definition) is 1. The van der Waals surface area contributed by atoms with Crippen LogP contribution in [0.15, 0.2) is 52.3 Å². The number of sulfonamides is 1. The van der Waals surface area contributed by atoms with Gasteiger partial charge in [-0.3, -0.25) is 4.79 Å². The Morgan fingerprint density at radius 1 is 1.10 bits per heavy atom. The molecule has 1 fully saturated rings. The van der Waals surface area contributed by atoms with E-state index in [1.54, 1.807) is 43.1 Å². The Bertz CT molecular complexity index is 999. The summed E-state index contributed by atoms with van der Waals surface area (Å²) >= 11 is 1.68. The van der Waals surface area contributed by atoms with Gasteiger partial charge >= 0.3 is 0 Å². The number of benzene rings is 2. The maximum absolute atomic E-state index is 12.8. The van der Waals surface area contributed by atoms with E-state index < -0.39 is 10.0 Å². The Balaban J connectivity index is 1.43. The molecule has 0 unspecified atom stereocenters. The Hall–Kier alpha value is -2.03. The molecule has 0 atom stereocenters. The van der Waals surface area contributed by atoms with Crippen molar-refractivity contribution in [1.82, 2.24) is 9.62 Å². The third-order valence-electron chi connectivity index (χ3n) is 5.59. The predicted molar refractivity (Wildman–Crippen MR) is 124 cm³/mol. The van der Waals surface area contributed by atoms with E-state index in [0.29, 0.717) is 38.1 Å². The van der Waals surface area contributed by atoms with Gasteiger partial charge in [-0.15, -0.1) is 11.8 Å². The Labute approximate surface area is 189 Å². The summed E-state index contributed by atoms with van der Waals surface area (Å²) in [5, 5.41) is 3.06. The summed E-state index contributed by atoms with van der Waals surface area (Å²) in [5.41, 5.74) is 2.52. The number of aryl methyl sites for hydroxylation is 2. The fourth-order valence-electron chi connectivity index (χ4n) is 3.50. The van der Waals surface area contributed by atoms with Crippen LogP contribution in [0.5, 0.6) is 5.75 Å². The molecular formula is C23H30N2O4S2. The van der Waals surface area contributed by atoms with Crippen molar-refractivity contribution in [3.8, 4) is 5.75 Å². The molecule has 31 heavy (non-hydrogen) atoms. The van der Waals surface area contributed by atoms with Gasteiger partial charge in [0, 0.05) is 36.2 Å². The first-order chi connectivity index (χ1) is 14.8. The van der Waals surface area contributed by atoms with Gasteiger partial charge in [-0.2, -0.15) is 4.31 Å². The van der Waals surface area contributed by atoms with Gasteiger partial charge in [0.1, 0.15) is 5.75 Å². The molecule has 0 aliphatic carbocycles. The average molecular weight is 463 g/mol. The lowest BCUT2D eigenvalue weighted by Crippen LogP contribution is -2.46. The van der Waals surface area contributed by atoms with E-state index in [0.717, 1.165) is 5.75 Å². The molecule has 1 heterocycles. The van der Waals surface area contributed by atoms with Crippen molar-refractivity contribution in [3.05, 3.63) is 53.6 Å². The van der Waals surface area contributed by atoms with E-state index in [4.69, 9.17) is 4.74 Å². The van der Waals surface area contributed by atoms with Crippen molar-refractivity contribution in [2.24, 2.45) is 0 Å². The van der Waals surface area contributed by atoms with Crippen LogP contribution in [0.25, 0.3) is 0 Å². The summed E-state index contributed by atoms with van der Waals surface area (Å²) in [6, 6.07) is 12.8. The highest BCUT2D eigenvalue weighted by Gasteiger charge is 2.29. The lowest BCUT2D eigenvalue weighted by molar-refractivity contribution is -0.121. The molecule has 0 aromatic heterocycles. The van der Waals surface area contributed by atoms with Crippen molar-refractivity contribution in [2.75, 3.05) is 26.0 Å². The highest BCUT2D eigenvalue weighted by atomic mass is 32.2. The van der Waals surface area contributed by atoms with Crippen molar-refractivity contribution < 1.29 is 17.9 Å². The van der Waals surface area contributed by atoms with Crippen LogP contribution in [0, 0.1) is 13.8 Å². The molecule has 0 radical (unpaired) electrons. The Morgan fingerprint density at radius 2 is 1.77 bits per heavy atom. The number of piperidine rings is 1. The second kappa shape index (κ2) is 10.5. The van der Waals surface area contributed by atoms with Gasteiger partial charge in [0.2, 0.25) is 15.9 Å². The third-order valence-corrected chi connectivity index (χ3v) is 8.50. The van der Waals surface area contributed by atoms with Gasteiger partial charge < -0.3 is 10.1 Å². The van der Waals surface area contributed by atoms with Crippen molar-refractivity contribution in [3.63, 3.8) is 0 Å². The summed E-state index contributed by atoms with van der Waals surface area (Å²) in [5.74, 6) is 1.36. The largest absolute Gasteiger partial charge is 0.497 e. The van der Waals surface area contributed by atoms with E-state index in [-0.39, 0.29) is 16.8 Å². The summed E-state index contributed by atoms with van der Waals surface area (Å²) in [6.45, 7) is 4.98. The number of carbonyl (C=O) groups is 1. The first-order valence-corrected chi connectivity index (χ1v) is 12.9. The van der Waals surface area contributed by atoms with Crippen molar-refractivity contribution >= 4 is 27.7 Å². The van der Waals surface area contributed by atoms with Gasteiger partial charge in [0.05, 0.1) is 12.0 Å². The number of nitrogens with zero attached hydrogens (tertiary/aromatic N) is 1. The number of carbonyl (C=O) groups excluding carboxylic acids is 1. The molecule has 1 N–H and O–H groups in total. The van der Waals surface area contributed by atoms with Crippen LogP contribution in [0.1, 0.15) is 30.4 Å². The van der Waals surface area contributed by atoms with Crippen LogP contribution in [0.2, 0.25) is 0 Å². The Morgan fingerprint density at radius 3 is 2.39 bits per heavy atom. The lowest BCUT2D eigenvalue weighted by Gasteiger charge is -2.31. The molecule has 1 aliphatic rings. The van der Waals surface area contributed by atoms with Gasteiger partial charge in [-0.1, -0.05) is 6.07 Å². The number of methoxy groups -OCH3 is 1. The summed E-state index contributed by atoms with van der Waals surface area (Å²) < 4.78 is 32.2. The minimum Gasteiger partial charge on any atom is -0.497 e. The number of thioether (sulfide) groups is 1. The highest BCUT2D eigenvalue weighted by molar-refractivity contribution is 7.99. The van der Waals surface area contributed by atoms with Crippen LogP contribution in [0.3, 0.4) is 0 Å². The van der Waals surface area contributed by atoms with Crippen LogP contribution in [-0.4, -0.2) is 50.6 Å². The molecule has 2 aromatic rings. The number of rotatable bonds is 8. The first-order valence-electron chi connectivity index (χ1n) is 10.4. The van der Waals surface area contributed by atoms with Crippen LogP contribution < -0.4 is 10.1 Å². The fraction of sp³-hybridized carbons (Fsp3) is 0.435. The molecular weight excluding hydrogens is 432 g/mol. The zero-order valence-electron chi connectivity index (χ0n) is 18.3. The van der Waals surface area contributed by atoms with Gasteiger partial charge in [0.25, 0.3) is 0 Å². The molecule has 1 aliphatic heterocycles. The molecule has 0 spiro atoms. The standard InChI is InChI=1S/C23H30N2O4S2/c1-17-4-7-21(16-18(17)2)30-15-12-23(26)24-19-10-13-25(14-11-19)31(27,28)22-8-5-20(29-3)6-9-22/h4-9,16,19H,10-15H2,1-3H3,(H,24,26). The third kappa shape index (κ3) is 6.24. The maximum Gasteiger partial charge on any atom is 0.243 e. The lowest BCUT2D eigenvalue weighted by atomic mass is 10.1.